The maximum atomic E-state index is 11.9. The number of sulfonamides is 2. The SMILES string of the molecule is CS(=O)(=O)NC(COc1ccc(-c2ccccc2S(N)(=O)=O)cc1)Cc1cccc(C(=N)N)c1.O=C(O)C(F)(F)F. The number of alkyl halides is 3. The number of halogens is 3. The average Bonchev–Trinajstić information content (AvgIpc) is 2.86. The van der Waals surface area contributed by atoms with E-state index in [2.05, 4.69) is 4.72 Å². The summed E-state index contributed by atoms with van der Waals surface area (Å²) in [6.45, 7) is 0.0461. The summed E-state index contributed by atoms with van der Waals surface area (Å²) in [5.41, 5.74) is 8.00. The van der Waals surface area contributed by atoms with Crippen LogP contribution >= 0.6 is 0 Å². The maximum absolute atomic E-state index is 11.9. The lowest BCUT2D eigenvalue weighted by molar-refractivity contribution is -0.192. The van der Waals surface area contributed by atoms with Gasteiger partial charge in [0.1, 0.15) is 18.2 Å². The number of nitrogens with two attached hydrogens (primary N) is 2. The predicted octanol–water partition coefficient (Wildman–Crippen LogP) is 2.46. The van der Waals surface area contributed by atoms with Crippen LogP contribution in [-0.4, -0.2) is 58.8 Å². The van der Waals surface area contributed by atoms with Gasteiger partial charge < -0.3 is 15.6 Å². The van der Waals surface area contributed by atoms with Crippen LogP contribution in [0.5, 0.6) is 5.75 Å². The Balaban J connectivity index is 0.000000745. The topological polar surface area (TPSA) is 203 Å². The fourth-order valence-corrected chi connectivity index (χ4v) is 4.99. The first-order valence-corrected chi connectivity index (χ1v) is 14.9. The first-order valence-electron chi connectivity index (χ1n) is 11.4. The van der Waals surface area contributed by atoms with Gasteiger partial charge in [-0.1, -0.05) is 48.5 Å². The molecule has 41 heavy (non-hydrogen) atoms. The highest BCUT2D eigenvalue weighted by molar-refractivity contribution is 7.89. The molecule has 1 atom stereocenters. The molecule has 0 heterocycles. The minimum absolute atomic E-state index is 0.0221. The van der Waals surface area contributed by atoms with Gasteiger partial charge in [-0.05, 0) is 41.8 Å². The van der Waals surface area contributed by atoms with Crippen LogP contribution in [0.2, 0.25) is 0 Å². The molecule has 0 amide bonds. The normalized spacial score (nSPS) is 12.5. The Labute approximate surface area is 234 Å². The van der Waals surface area contributed by atoms with E-state index in [-0.39, 0.29) is 17.3 Å². The van der Waals surface area contributed by atoms with Gasteiger partial charge in [-0.2, -0.15) is 13.2 Å². The first kappa shape index (κ1) is 33.2. The highest BCUT2D eigenvalue weighted by atomic mass is 32.2. The Morgan fingerprint density at radius 2 is 1.61 bits per heavy atom. The molecule has 1 unspecified atom stereocenters. The van der Waals surface area contributed by atoms with Gasteiger partial charge in [-0.15, -0.1) is 0 Å². The number of hydrogen-bond acceptors (Lipinski definition) is 7. The lowest BCUT2D eigenvalue weighted by atomic mass is 10.0. The van der Waals surface area contributed by atoms with Crippen LogP contribution in [0.25, 0.3) is 11.1 Å². The smallest absolute Gasteiger partial charge is 0.490 e. The first-order chi connectivity index (χ1) is 18.9. The number of amidine groups is 1. The largest absolute Gasteiger partial charge is 0.492 e. The second-order valence-electron chi connectivity index (χ2n) is 8.58. The molecule has 0 aliphatic carbocycles. The van der Waals surface area contributed by atoms with Crippen LogP contribution in [0.3, 0.4) is 0 Å². The summed E-state index contributed by atoms with van der Waals surface area (Å²) in [7, 11) is -7.39. The van der Waals surface area contributed by atoms with E-state index in [9.17, 15) is 30.0 Å². The lowest BCUT2D eigenvalue weighted by Crippen LogP contribution is -2.40. The van der Waals surface area contributed by atoms with E-state index >= 15 is 0 Å². The summed E-state index contributed by atoms with van der Waals surface area (Å²) >= 11 is 0. The average molecular weight is 617 g/mol. The molecule has 3 aromatic rings. The van der Waals surface area contributed by atoms with E-state index in [0.717, 1.165) is 11.8 Å². The van der Waals surface area contributed by atoms with Gasteiger partial charge in [0.15, 0.2) is 0 Å². The van der Waals surface area contributed by atoms with E-state index in [0.29, 0.717) is 28.9 Å². The fourth-order valence-electron chi connectivity index (χ4n) is 3.47. The number of carboxylic acid groups (broad SMARTS) is 1. The molecule has 0 radical (unpaired) electrons. The van der Waals surface area contributed by atoms with Crippen molar-refractivity contribution >= 4 is 31.9 Å². The zero-order valence-electron chi connectivity index (χ0n) is 21.4. The molecule has 3 rings (SSSR count). The number of aliphatic carboxylic acids is 1. The molecule has 7 N–H and O–H groups in total. The number of primary sulfonamides is 1. The van der Waals surface area contributed by atoms with Crippen molar-refractivity contribution in [1.82, 2.24) is 4.72 Å². The number of nitrogens with one attached hydrogen (secondary N) is 2. The minimum atomic E-state index is -5.08. The predicted molar refractivity (Wildman–Crippen MR) is 145 cm³/mol. The number of hydrogen-bond donors (Lipinski definition) is 5. The Hall–Kier alpha value is -3.99. The van der Waals surface area contributed by atoms with Crippen LogP contribution in [0, 0.1) is 5.41 Å². The van der Waals surface area contributed by atoms with E-state index in [4.69, 9.17) is 30.9 Å². The van der Waals surface area contributed by atoms with Crippen molar-refractivity contribution in [2.75, 3.05) is 12.9 Å². The van der Waals surface area contributed by atoms with E-state index in [1.165, 1.54) is 6.07 Å². The Bertz CT molecular complexity index is 1600. The molecule has 16 heteroatoms. The second-order valence-corrected chi connectivity index (χ2v) is 11.9. The zero-order valence-corrected chi connectivity index (χ0v) is 23.1. The van der Waals surface area contributed by atoms with Gasteiger partial charge in [0.25, 0.3) is 0 Å². The molecule has 0 spiro atoms. The third kappa shape index (κ3) is 11.2. The van der Waals surface area contributed by atoms with Gasteiger partial charge in [0, 0.05) is 11.1 Å². The van der Waals surface area contributed by atoms with Gasteiger partial charge in [-0.3, -0.25) is 5.41 Å². The lowest BCUT2D eigenvalue weighted by Gasteiger charge is -2.19. The molecule has 0 saturated heterocycles. The van der Waals surface area contributed by atoms with Gasteiger partial charge in [0.2, 0.25) is 20.0 Å². The van der Waals surface area contributed by atoms with Crippen molar-refractivity contribution in [3.8, 4) is 16.9 Å². The standard InChI is InChI=1S/C23H26N4O5S2.C2HF3O2/c1-33(28,29)27-19(14-16-5-4-6-18(13-16)23(24)25)15-32-20-11-9-17(10-12-20)21-7-2-3-8-22(21)34(26,30)31;3-2(4,5)1(6)7/h2-13,19,27H,14-15H2,1H3,(H3,24,25)(H2,26,30,31);(H,6,7). The van der Waals surface area contributed by atoms with Gasteiger partial charge in [-0.25, -0.2) is 31.5 Å². The minimum Gasteiger partial charge on any atom is -0.492 e. The number of ether oxygens (including phenoxy) is 1. The van der Waals surface area contributed by atoms with Crippen molar-refractivity contribution in [2.45, 2.75) is 23.5 Å². The second kappa shape index (κ2) is 13.6. The van der Waals surface area contributed by atoms with Gasteiger partial charge in [0.05, 0.1) is 17.2 Å². The Kier molecular flexibility index (Phi) is 11.0. The molecule has 0 aliphatic heterocycles. The van der Waals surface area contributed by atoms with Crippen molar-refractivity contribution in [3.05, 3.63) is 83.9 Å². The van der Waals surface area contributed by atoms with E-state index in [1.807, 2.05) is 6.07 Å². The number of rotatable bonds is 10. The van der Waals surface area contributed by atoms with Gasteiger partial charge >= 0.3 is 12.1 Å². The van der Waals surface area contributed by atoms with Crippen LogP contribution in [0.4, 0.5) is 13.2 Å². The van der Waals surface area contributed by atoms with Crippen molar-refractivity contribution in [3.63, 3.8) is 0 Å². The maximum Gasteiger partial charge on any atom is 0.490 e. The molecule has 0 aromatic heterocycles. The summed E-state index contributed by atoms with van der Waals surface area (Å²) in [6.07, 6.45) is -3.68. The van der Waals surface area contributed by atoms with E-state index < -0.39 is 38.2 Å². The van der Waals surface area contributed by atoms with Crippen LogP contribution in [-0.2, 0) is 31.3 Å². The number of carboxylic acids is 1. The summed E-state index contributed by atoms with van der Waals surface area (Å²) in [5.74, 6) is -2.35. The van der Waals surface area contributed by atoms with Crippen LogP contribution in [0.1, 0.15) is 11.1 Å². The summed E-state index contributed by atoms with van der Waals surface area (Å²) in [5, 5.41) is 20.0. The number of carbonyl (C=O) groups is 1. The fraction of sp³-hybridized carbons (Fsp3) is 0.200. The quantitative estimate of drug-likeness (QED) is 0.169. The van der Waals surface area contributed by atoms with Crippen LogP contribution < -0.4 is 20.3 Å². The highest BCUT2D eigenvalue weighted by Crippen LogP contribution is 2.28. The third-order valence-electron chi connectivity index (χ3n) is 5.15. The third-order valence-corrected chi connectivity index (χ3v) is 6.88. The molecule has 222 valence electrons. The molecular weight excluding hydrogens is 589 g/mol. The molecule has 0 saturated carbocycles. The van der Waals surface area contributed by atoms with Crippen molar-refractivity contribution in [2.24, 2.45) is 10.9 Å². The molecule has 3 aromatic carbocycles. The van der Waals surface area contributed by atoms with Crippen LogP contribution in [0.15, 0.2) is 77.7 Å². The molecular formula is C25H27F3N4O7S2. The summed E-state index contributed by atoms with van der Waals surface area (Å²) < 4.78 is 87.6. The highest BCUT2D eigenvalue weighted by Gasteiger charge is 2.38. The monoisotopic (exact) mass is 616 g/mol. The molecule has 0 bridgehead atoms. The molecule has 11 nitrogen and oxygen atoms in total. The molecule has 0 fully saturated rings. The molecule has 0 aliphatic rings. The Morgan fingerprint density at radius 3 is 2.12 bits per heavy atom. The van der Waals surface area contributed by atoms with E-state index in [1.54, 1.807) is 60.7 Å². The summed E-state index contributed by atoms with van der Waals surface area (Å²) in [4.78, 5) is 8.92. The Morgan fingerprint density at radius 1 is 1.02 bits per heavy atom. The number of benzene rings is 3. The number of nitrogen functional groups attached to an aromatic ring is 1. The van der Waals surface area contributed by atoms with Crippen molar-refractivity contribution < 1.29 is 44.6 Å². The van der Waals surface area contributed by atoms with Crippen molar-refractivity contribution in [1.29, 1.82) is 5.41 Å². The summed E-state index contributed by atoms with van der Waals surface area (Å²) in [6, 6.07) is 19.6. The zero-order chi connectivity index (χ0) is 31.0.